The molecule has 0 saturated carbocycles. The molecule has 94 valence electrons. The van der Waals surface area contributed by atoms with E-state index in [1.165, 1.54) is 21.9 Å². The zero-order valence-electron chi connectivity index (χ0n) is 11.0. The summed E-state index contributed by atoms with van der Waals surface area (Å²) in [6.07, 6.45) is 0.950. The van der Waals surface area contributed by atoms with Crippen LogP contribution in [0.2, 0.25) is 0 Å². The molecule has 3 aromatic carbocycles. The first kappa shape index (κ1) is 11.8. The van der Waals surface area contributed by atoms with Gasteiger partial charge in [-0.2, -0.15) is 0 Å². The number of hydrogen-bond donors (Lipinski definition) is 0. The summed E-state index contributed by atoms with van der Waals surface area (Å²) < 4.78 is 5.19. The van der Waals surface area contributed by atoms with Gasteiger partial charge in [-0.3, -0.25) is 0 Å². The molecule has 19 heavy (non-hydrogen) atoms. The highest BCUT2D eigenvalue weighted by molar-refractivity contribution is 5.85. The van der Waals surface area contributed by atoms with Crippen LogP contribution < -0.4 is 4.74 Å². The molecule has 3 rings (SSSR count). The van der Waals surface area contributed by atoms with Crippen molar-refractivity contribution >= 4 is 10.8 Å². The van der Waals surface area contributed by atoms with E-state index in [1.54, 1.807) is 7.11 Å². The molecule has 0 aliphatic carbocycles. The van der Waals surface area contributed by atoms with Crippen LogP contribution in [-0.4, -0.2) is 7.11 Å². The minimum atomic E-state index is 0.904. The van der Waals surface area contributed by atoms with Gasteiger partial charge in [0.15, 0.2) is 0 Å². The molecule has 0 spiro atoms. The van der Waals surface area contributed by atoms with E-state index in [0.29, 0.717) is 0 Å². The van der Waals surface area contributed by atoms with Gasteiger partial charge in [-0.25, -0.2) is 0 Å². The summed E-state index contributed by atoms with van der Waals surface area (Å²) >= 11 is 0. The summed E-state index contributed by atoms with van der Waals surface area (Å²) in [7, 11) is 1.69. The summed E-state index contributed by atoms with van der Waals surface area (Å²) in [6, 6.07) is 23.3. The highest BCUT2D eigenvalue weighted by Gasteiger charge is 2.02. The Balaban J connectivity index is 1.96. The predicted molar refractivity (Wildman–Crippen MR) is 79.7 cm³/mol. The van der Waals surface area contributed by atoms with Gasteiger partial charge in [0, 0.05) is 0 Å². The normalized spacial score (nSPS) is 10.6. The maximum atomic E-state index is 5.19. The van der Waals surface area contributed by atoms with Crippen LogP contribution in [-0.2, 0) is 6.42 Å². The second kappa shape index (κ2) is 5.15. The van der Waals surface area contributed by atoms with Gasteiger partial charge in [-0.15, -0.1) is 0 Å². The lowest BCUT2D eigenvalue weighted by atomic mass is 9.98. The Morgan fingerprint density at radius 2 is 1.53 bits per heavy atom. The van der Waals surface area contributed by atoms with E-state index in [4.69, 9.17) is 4.74 Å². The number of rotatable bonds is 3. The molecule has 0 aliphatic heterocycles. The summed E-state index contributed by atoms with van der Waals surface area (Å²) in [6.45, 7) is 0. The van der Waals surface area contributed by atoms with Crippen LogP contribution in [0.5, 0.6) is 5.75 Å². The molecule has 0 N–H and O–H groups in total. The van der Waals surface area contributed by atoms with Gasteiger partial charge in [0.1, 0.15) is 5.75 Å². The summed E-state index contributed by atoms with van der Waals surface area (Å²) in [4.78, 5) is 0. The van der Waals surface area contributed by atoms with Gasteiger partial charge in [0.25, 0.3) is 0 Å². The van der Waals surface area contributed by atoms with Crippen molar-refractivity contribution in [1.29, 1.82) is 0 Å². The van der Waals surface area contributed by atoms with Gasteiger partial charge in [-0.1, -0.05) is 54.6 Å². The first-order valence-corrected chi connectivity index (χ1v) is 6.46. The van der Waals surface area contributed by atoms with E-state index in [0.717, 1.165) is 12.2 Å². The lowest BCUT2D eigenvalue weighted by molar-refractivity contribution is 0.414. The van der Waals surface area contributed by atoms with Gasteiger partial charge >= 0.3 is 0 Å². The van der Waals surface area contributed by atoms with Crippen LogP contribution in [0, 0.1) is 0 Å². The van der Waals surface area contributed by atoms with Crippen LogP contribution in [0.25, 0.3) is 10.8 Å². The minimum absolute atomic E-state index is 0.904. The average molecular weight is 248 g/mol. The maximum Gasteiger partial charge on any atom is 0.118 e. The molecule has 0 bridgehead atoms. The number of fused-ring (bicyclic) bond motifs is 1. The number of hydrogen-bond acceptors (Lipinski definition) is 1. The van der Waals surface area contributed by atoms with E-state index in [1.807, 2.05) is 12.1 Å². The van der Waals surface area contributed by atoms with Gasteiger partial charge in [0.05, 0.1) is 7.11 Å². The first-order valence-electron chi connectivity index (χ1n) is 6.46. The van der Waals surface area contributed by atoms with Crippen LogP contribution >= 0.6 is 0 Å². The highest BCUT2D eigenvalue weighted by Crippen LogP contribution is 2.22. The zero-order valence-corrected chi connectivity index (χ0v) is 11.0. The SMILES string of the molecule is COc1ccc(Cc2cccc3ccccc23)cc1. The average Bonchev–Trinajstić information content (AvgIpc) is 2.48. The fourth-order valence-corrected chi connectivity index (χ4v) is 2.41. The summed E-state index contributed by atoms with van der Waals surface area (Å²) in [5, 5.41) is 2.63. The van der Waals surface area contributed by atoms with Crippen molar-refractivity contribution < 1.29 is 4.74 Å². The van der Waals surface area contributed by atoms with Crippen molar-refractivity contribution in [3.8, 4) is 5.75 Å². The van der Waals surface area contributed by atoms with E-state index in [9.17, 15) is 0 Å². The topological polar surface area (TPSA) is 9.23 Å². The molecule has 1 heteroatoms. The van der Waals surface area contributed by atoms with Crippen molar-refractivity contribution in [3.63, 3.8) is 0 Å². The van der Waals surface area contributed by atoms with Crippen molar-refractivity contribution in [1.82, 2.24) is 0 Å². The molecule has 0 fully saturated rings. The molecule has 0 aromatic heterocycles. The second-order valence-electron chi connectivity index (χ2n) is 4.66. The standard InChI is InChI=1S/C18H16O/c1-19-17-11-9-14(10-12-17)13-16-7-4-6-15-5-2-3-8-18(15)16/h2-12H,13H2,1H3. The van der Waals surface area contributed by atoms with E-state index in [2.05, 4.69) is 54.6 Å². The third kappa shape index (κ3) is 2.45. The lowest BCUT2D eigenvalue weighted by Gasteiger charge is -2.07. The Morgan fingerprint density at radius 1 is 0.789 bits per heavy atom. The monoisotopic (exact) mass is 248 g/mol. The maximum absolute atomic E-state index is 5.19. The van der Waals surface area contributed by atoms with Crippen molar-refractivity contribution in [2.45, 2.75) is 6.42 Å². The summed E-state index contributed by atoms with van der Waals surface area (Å²) in [5.41, 5.74) is 2.67. The largest absolute Gasteiger partial charge is 0.497 e. The van der Waals surface area contributed by atoms with Gasteiger partial charge in [0.2, 0.25) is 0 Å². The zero-order chi connectivity index (χ0) is 13.1. The van der Waals surface area contributed by atoms with Crippen LogP contribution in [0.1, 0.15) is 11.1 Å². The molecule has 0 heterocycles. The second-order valence-corrected chi connectivity index (χ2v) is 4.66. The van der Waals surface area contributed by atoms with E-state index >= 15 is 0 Å². The lowest BCUT2D eigenvalue weighted by Crippen LogP contribution is -1.90. The fourth-order valence-electron chi connectivity index (χ4n) is 2.41. The predicted octanol–water partition coefficient (Wildman–Crippen LogP) is 4.44. The number of benzene rings is 3. The molecule has 0 amide bonds. The molecule has 3 aromatic rings. The first-order chi connectivity index (χ1) is 9.36. The molecular formula is C18H16O. The van der Waals surface area contributed by atoms with Crippen LogP contribution in [0.4, 0.5) is 0 Å². The molecule has 0 atom stereocenters. The fraction of sp³-hybridized carbons (Fsp3) is 0.111. The van der Waals surface area contributed by atoms with Crippen LogP contribution in [0.3, 0.4) is 0 Å². The van der Waals surface area contributed by atoms with E-state index in [-0.39, 0.29) is 0 Å². The van der Waals surface area contributed by atoms with Crippen LogP contribution in [0.15, 0.2) is 66.7 Å². The molecule has 1 nitrogen and oxygen atoms in total. The minimum Gasteiger partial charge on any atom is -0.497 e. The summed E-state index contributed by atoms with van der Waals surface area (Å²) in [5.74, 6) is 0.904. The van der Waals surface area contributed by atoms with Gasteiger partial charge < -0.3 is 4.74 Å². The molecule has 0 unspecified atom stereocenters. The van der Waals surface area contributed by atoms with Crippen molar-refractivity contribution in [2.75, 3.05) is 7.11 Å². The third-order valence-corrected chi connectivity index (χ3v) is 3.43. The smallest absolute Gasteiger partial charge is 0.118 e. The Labute approximate surface area is 113 Å². The Bertz CT molecular complexity index is 678. The molecule has 0 radical (unpaired) electrons. The number of methoxy groups -OCH3 is 1. The quantitative estimate of drug-likeness (QED) is 0.666. The molecule has 0 aliphatic rings. The van der Waals surface area contributed by atoms with Crippen molar-refractivity contribution in [3.05, 3.63) is 77.9 Å². The Morgan fingerprint density at radius 3 is 2.32 bits per heavy atom. The molecule has 0 saturated heterocycles. The van der Waals surface area contributed by atoms with Crippen molar-refractivity contribution in [2.24, 2.45) is 0 Å². The Hall–Kier alpha value is -2.28. The highest BCUT2D eigenvalue weighted by atomic mass is 16.5. The third-order valence-electron chi connectivity index (χ3n) is 3.43. The number of ether oxygens (including phenoxy) is 1. The molecular weight excluding hydrogens is 232 g/mol. The van der Waals surface area contributed by atoms with Gasteiger partial charge in [-0.05, 0) is 40.5 Å². The van der Waals surface area contributed by atoms with E-state index < -0.39 is 0 Å². The Kier molecular flexibility index (Phi) is 3.20.